The second-order valence-corrected chi connectivity index (χ2v) is 9.18. The van der Waals surface area contributed by atoms with Crippen molar-refractivity contribution in [2.75, 3.05) is 5.75 Å². The van der Waals surface area contributed by atoms with E-state index in [0.717, 1.165) is 34.5 Å². The maximum Gasteiger partial charge on any atom is 0.260 e. The third kappa shape index (κ3) is 2.80. The van der Waals surface area contributed by atoms with Gasteiger partial charge in [0.05, 0.1) is 23.9 Å². The van der Waals surface area contributed by atoms with Crippen molar-refractivity contribution in [3.8, 4) is 0 Å². The van der Waals surface area contributed by atoms with E-state index < -0.39 is 0 Å². The molecule has 1 aliphatic rings. The Kier molecular flexibility index (Phi) is 4.23. The summed E-state index contributed by atoms with van der Waals surface area (Å²) in [6.45, 7) is 0.369. The van der Waals surface area contributed by atoms with Crippen molar-refractivity contribution in [2.45, 2.75) is 37.4 Å². The van der Waals surface area contributed by atoms with Crippen molar-refractivity contribution < 1.29 is 9.21 Å². The lowest BCUT2D eigenvalue weighted by Gasteiger charge is -2.10. The minimum absolute atomic E-state index is 0.0864. The number of rotatable bonds is 5. The molecule has 11 heteroatoms. The van der Waals surface area contributed by atoms with Crippen LogP contribution in [0.25, 0.3) is 21.6 Å². The predicted molar refractivity (Wildman–Crippen MR) is 113 cm³/mol. The summed E-state index contributed by atoms with van der Waals surface area (Å²) in [6.07, 6.45) is 7.71. The van der Waals surface area contributed by atoms with Gasteiger partial charge in [0.25, 0.3) is 5.78 Å². The number of thioether (sulfide) groups is 1. The van der Waals surface area contributed by atoms with Gasteiger partial charge in [-0.15, -0.1) is 21.5 Å². The highest BCUT2D eigenvalue weighted by Gasteiger charge is 2.24. The lowest BCUT2D eigenvalue weighted by Crippen LogP contribution is -2.24. The molecular weight excluding hydrogens is 422 g/mol. The van der Waals surface area contributed by atoms with Crippen LogP contribution in [-0.4, -0.2) is 40.9 Å². The Bertz CT molecular complexity index is 1380. The van der Waals surface area contributed by atoms with Crippen LogP contribution < -0.4 is 5.32 Å². The Morgan fingerprint density at radius 2 is 2.23 bits per heavy atom. The standard InChI is InChI=1S/C19H17N7O2S2/c27-14(20-8-11-4-3-7-28-11)9-29-19-24-23-18-25(19)17-15(16-21-10-22-26(16)18)12-5-1-2-6-13(12)30-17/h3-4,7,10H,1-2,5-6,8-9H2,(H,20,27). The summed E-state index contributed by atoms with van der Waals surface area (Å²) in [5, 5.41) is 17.8. The Balaban J connectivity index is 1.37. The molecule has 0 saturated heterocycles. The van der Waals surface area contributed by atoms with Crippen LogP contribution in [0.15, 0.2) is 34.3 Å². The minimum Gasteiger partial charge on any atom is -0.467 e. The molecule has 0 radical (unpaired) electrons. The fraction of sp³-hybridized carbons (Fsp3) is 0.316. The van der Waals surface area contributed by atoms with E-state index in [1.165, 1.54) is 35.0 Å². The number of hydrogen-bond donors (Lipinski definition) is 1. The van der Waals surface area contributed by atoms with Crippen molar-refractivity contribution in [3.05, 3.63) is 40.9 Å². The zero-order chi connectivity index (χ0) is 20.1. The van der Waals surface area contributed by atoms with Crippen LogP contribution >= 0.6 is 23.1 Å². The largest absolute Gasteiger partial charge is 0.467 e. The highest BCUT2D eigenvalue weighted by atomic mass is 32.2. The first-order chi connectivity index (χ1) is 14.8. The summed E-state index contributed by atoms with van der Waals surface area (Å²) in [5.74, 6) is 1.49. The highest BCUT2D eigenvalue weighted by molar-refractivity contribution is 7.99. The molecule has 1 amide bonds. The number of aryl methyl sites for hydroxylation is 2. The molecule has 0 unspecified atom stereocenters. The van der Waals surface area contributed by atoms with Crippen LogP contribution in [-0.2, 0) is 24.2 Å². The molecule has 0 saturated carbocycles. The van der Waals surface area contributed by atoms with E-state index in [4.69, 9.17) is 4.42 Å². The predicted octanol–water partition coefficient (Wildman–Crippen LogP) is 2.87. The fourth-order valence-corrected chi connectivity index (χ4v) is 6.15. The van der Waals surface area contributed by atoms with Crippen LogP contribution in [0.5, 0.6) is 0 Å². The Hall–Kier alpha value is -2.92. The smallest absolute Gasteiger partial charge is 0.260 e. The zero-order valence-electron chi connectivity index (χ0n) is 15.9. The summed E-state index contributed by atoms with van der Waals surface area (Å²) in [7, 11) is 0. The minimum atomic E-state index is -0.0864. The van der Waals surface area contributed by atoms with Gasteiger partial charge in [-0.1, -0.05) is 11.8 Å². The molecule has 0 aromatic carbocycles. The number of furan rings is 1. The number of nitrogens with one attached hydrogen (secondary N) is 1. The number of hydrogen-bond acceptors (Lipinski definition) is 8. The molecule has 1 N–H and O–H groups in total. The summed E-state index contributed by atoms with van der Waals surface area (Å²) < 4.78 is 9.02. The van der Waals surface area contributed by atoms with Gasteiger partial charge in [0.15, 0.2) is 10.8 Å². The molecule has 9 nitrogen and oxygen atoms in total. The number of amides is 1. The van der Waals surface area contributed by atoms with E-state index >= 15 is 0 Å². The third-order valence-corrected chi connectivity index (χ3v) is 7.51. The molecule has 30 heavy (non-hydrogen) atoms. The van der Waals surface area contributed by atoms with E-state index in [-0.39, 0.29) is 11.7 Å². The average molecular weight is 440 g/mol. The first kappa shape index (κ1) is 17.9. The quantitative estimate of drug-likeness (QED) is 0.420. The van der Waals surface area contributed by atoms with Crippen LogP contribution in [0.3, 0.4) is 0 Å². The molecule has 152 valence electrons. The summed E-state index contributed by atoms with van der Waals surface area (Å²) in [6, 6.07) is 3.63. The maximum atomic E-state index is 12.3. The summed E-state index contributed by atoms with van der Waals surface area (Å²) >= 11 is 3.15. The van der Waals surface area contributed by atoms with E-state index in [9.17, 15) is 4.79 Å². The van der Waals surface area contributed by atoms with Crippen molar-refractivity contribution in [1.29, 1.82) is 0 Å². The number of aromatic nitrogens is 6. The molecular formula is C19H17N7O2S2. The van der Waals surface area contributed by atoms with Crippen molar-refractivity contribution in [1.82, 2.24) is 34.5 Å². The van der Waals surface area contributed by atoms with E-state index in [0.29, 0.717) is 17.5 Å². The molecule has 5 aromatic heterocycles. The second kappa shape index (κ2) is 7.10. The second-order valence-electron chi connectivity index (χ2n) is 7.15. The molecule has 1 aliphatic carbocycles. The van der Waals surface area contributed by atoms with Gasteiger partial charge in [-0.2, -0.15) is 9.61 Å². The number of carbonyl (C=O) groups is 1. The van der Waals surface area contributed by atoms with Gasteiger partial charge in [0.1, 0.15) is 16.9 Å². The zero-order valence-corrected chi connectivity index (χ0v) is 17.5. The topological polar surface area (TPSA) is 103 Å². The lowest BCUT2D eigenvalue weighted by atomic mass is 9.97. The van der Waals surface area contributed by atoms with Crippen LogP contribution in [0.2, 0.25) is 0 Å². The van der Waals surface area contributed by atoms with Gasteiger partial charge in [0.2, 0.25) is 5.91 Å². The number of thiophene rings is 1. The SMILES string of the molecule is O=C(CSc1nnc2n3ncnc3c3c4c(sc3n12)CCCC4)NCc1ccco1. The molecule has 0 spiro atoms. The van der Waals surface area contributed by atoms with Gasteiger partial charge in [-0.25, -0.2) is 9.38 Å². The van der Waals surface area contributed by atoms with Gasteiger partial charge < -0.3 is 9.73 Å². The lowest BCUT2D eigenvalue weighted by molar-refractivity contribution is -0.118. The normalized spacial score (nSPS) is 14.0. The van der Waals surface area contributed by atoms with Crippen molar-refractivity contribution in [2.24, 2.45) is 0 Å². The third-order valence-electron chi connectivity index (χ3n) is 5.31. The van der Waals surface area contributed by atoms with Gasteiger partial charge in [-0.05, 0) is 43.4 Å². The summed E-state index contributed by atoms with van der Waals surface area (Å²) in [5.41, 5.74) is 2.21. The first-order valence-electron chi connectivity index (χ1n) is 9.72. The summed E-state index contributed by atoms with van der Waals surface area (Å²) in [4.78, 5) is 19.3. The Morgan fingerprint density at radius 1 is 1.30 bits per heavy atom. The molecule has 5 heterocycles. The molecule has 0 atom stereocenters. The van der Waals surface area contributed by atoms with Crippen molar-refractivity contribution >= 4 is 50.6 Å². The van der Waals surface area contributed by atoms with Gasteiger partial charge >= 0.3 is 0 Å². The molecule has 0 bridgehead atoms. The van der Waals surface area contributed by atoms with E-state index in [1.54, 1.807) is 34.5 Å². The van der Waals surface area contributed by atoms with Gasteiger partial charge in [0, 0.05) is 4.88 Å². The molecule has 6 rings (SSSR count). The number of nitrogens with zero attached hydrogens (tertiary/aromatic N) is 6. The maximum absolute atomic E-state index is 12.3. The van der Waals surface area contributed by atoms with Crippen molar-refractivity contribution in [3.63, 3.8) is 0 Å². The Labute approximate surface area is 178 Å². The average Bonchev–Trinajstić information content (AvgIpc) is 3.54. The first-order valence-corrected chi connectivity index (χ1v) is 11.5. The molecule has 5 aromatic rings. The Morgan fingerprint density at radius 3 is 3.13 bits per heavy atom. The molecule has 0 aliphatic heterocycles. The highest BCUT2D eigenvalue weighted by Crippen LogP contribution is 2.39. The van der Waals surface area contributed by atoms with Crippen LogP contribution in [0, 0.1) is 0 Å². The number of carbonyl (C=O) groups excluding carboxylic acids is 1. The van der Waals surface area contributed by atoms with Crippen LogP contribution in [0.4, 0.5) is 0 Å². The monoisotopic (exact) mass is 439 g/mol. The van der Waals surface area contributed by atoms with E-state index in [1.807, 2.05) is 10.5 Å². The van der Waals surface area contributed by atoms with Crippen LogP contribution in [0.1, 0.15) is 29.0 Å². The number of fused-ring (bicyclic) bond motifs is 8. The fourth-order valence-electron chi connectivity index (χ4n) is 3.95. The molecule has 0 fully saturated rings. The van der Waals surface area contributed by atoms with E-state index in [2.05, 4.69) is 25.6 Å². The van der Waals surface area contributed by atoms with Gasteiger partial charge in [-0.3, -0.25) is 4.79 Å².